The zero-order chi connectivity index (χ0) is 28.4. The molecule has 2 heteroatoms. The monoisotopic (exact) mass is 538 g/mol. The van der Waals surface area contributed by atoms with Gasteiger partial charge in [0.1, 0.15) is 16.1 Å². The Morgan fingerprint density at radius 2 is 0.684 bits per heavy atom. The highest BCUT2D eigenvalue weighted by atomic mass is 28.3. The van der Waals surface area contributed by atoms with Crippen LogP contribution in [0.3, 0.4) is 0 Å². The van der Waals surface area contributed by atoms with Crippen LogP contribution in [0.15, 0.2) is 48.5 Å². The molecule has 202 valence electrons. The molecule has 0 fully saturated rings. The Bertz CT molecular complexity index is 1250. The summed E-state index contributed by atoms with van der Waals surface area (Å²) in [5, 5.41) is 5.06. The molecule has 0 heterocycles. The van der Waals surface area contributed by atoms with E-state index in [2.05, 4.69) is 155 Å². The van der Waals surface area contributed by atoms with Gasteiger partial charge in [0.25, 0.3) is 0 Å². The summed E-state index contributed by atoms with van der Waals surface area (Å²) in [6.45, 7) is 28.5. The largest absolute Gasteiger partial charge is 0.146 e. The van der Waals surface area contributed by atoms with Crippen molar-refractivity contribution in [1.29, 1.82) is 0 Å². The van der Waals surface area contributed by atoms with Crippen LogP contribution in [0.25, 0.3) is 21.5 Å². The molecule has 0 bridgehead atoms. The van der Waals surface area contributed by atoms with Crippen LogP contribution in [0.1, 0.15) is 94.2 Å². The van der Waals surface area contributed by atoms with E-state index in [-0.39, 0.29) is 0 Å². The van der Waals surface area contributed by atoms with Crippen molar-refractivity contribution in [2.75, 3.05) is 0 Å². The number of hydrogen-bond acceptors (Lipinski definition) is 0. The maximum atomic E-state index is 3.89. The van der Waals surface area contributed by atoms with E-state index in [0.717, 1.165) is 11.1 Å². The van der Waals surface area contributed by atoms with Crippen LogP contribution in [0.5, 0.6) is 0 Å². The van der Waals surface area contributed by atoms with Gasteiger partial charge in [-0.25, -0.2) is 0 Å². The van der Waals surface area contributed by atoms with Crippen LogP contribution >= 0.6 is 0 Å². The molecule has 0 radical (unpaired) electrons. The van der Waals surface area contributed by atoms with Gasteiger partial charge in [0, 0.05) is 11.1 Å². The average molecular weight is 539 g/mol. The Morgan fingerprint density at radius 3 is 0.974 bits per heavy atom. The highest BCUT2D eigenvalue weighted by Gasteiger charge is 2.42. The van der Waals surface area contributed by atoms with E-state index >= 15 is 0 Å². The normalized spacial score (nSPS) is 12.7. The summed E-state index contributed by atoms with van der Waals surface area (Å²) in [6, 6.07) is 18.1. The average Bonchev–Trinajstić information content (AvgIpc) is 2.82. The second-order valence-corrected chi connectivity index (χ2v) is 24.4. The van der Waals surface area contributed by atoms with Gasteiger partial charge in [0.05, 0.1) is 0 Å². The molecular weight excluding hydrogens is 489 g/mol. The molecule has 0 atom stereocenters. The van der Waals surface area contributed by atoms with Crippen molar-refractivity contribution in [3.05, 3.63) is 59.7 Å². The molecule has 0 aliphatic carbocycles. The van der Waals surface area contributed by atoms with Crippen LogP contribution in [0.2, 0.25) is 33.2 Å². The van der Waals surface area contributed by atoms with Crippen LogP contribution in [0.4, 0.5) is 0 Å². The lowest BCUT2D eigenvalue weighted by Crippen LogP contribution is -2.43. The van der Waals surface area contributed by atoms with Gasteiger partial charge in [0.2, 0.25) is 0 Å². The Labute approximate surface area is 236 Å². The summed E-state index contributed by atoms with van der Waals surface area (Å²) in [5.74, 6) is 7.29. The molecule has 0 aliphatic rings. The molecule has 0 N–H and O–H groups in total. The summed E-state index contributed by atoms with van der Waals surface area (Å²) in [4.78, 5) is 0. The zero-order valence-corrected chi connectivity index (χ0v) is 28.1. The summed E-state index contributed by atoms with van der Waals surface area (Å²) >= 11 is 0. The van der Waals surface area contributed by atoms with Crippen molar-refractivity contribution in [2.45, 2.75) is 116 Å². The van der Waals surface area contributed by atoms with E-state index in [1.807, 2.05) is 0 Å². The van der Waals surface area contributed by atoms with Gasteiger partial charge < -0.3 is 0 Å². The van der Waals surface area contributed by atoms with Gasteiger partial charge in [-0.3, -0.25) is 0 Å². The number of hydrogen-bond donors (Lipinski definition) is 0. The van der Waals surface area contributed by atoms with Crippen LogP contribution in [-0.2, 0) is 0 Å². The molecule has 3 aromatic carbocycles. The first kappa shape index (κ1) is 30.3. The SMILES string of the molecule is CC(C)[Si](C#Cc1ccc2cc3ccc(C#C[Si](C(C)C)(C(C)C)C(C)C)cc3cc2c1)(C(C)C)C(C)C. The van der Waals surface area contributed by atoms with Gasteiger partial charge in [-0.2, -0.15) is 0 Å². The highest BCUT2D eigenvalue weighted by Crippen LogP contribution is 2.42. The van der Waals surface area contributed by atoms with Gasteiger partial charge in [0.15, 0.2) is 0 Å². The lowest BCUT2D eigenvalue weighted by Gasteiger charge is -2.38. The van der Waals surface area contributed by atoms with Gasteiger partial charge in [-0.15, -0.1) is 11.1 Å². The smallest absolute Gasteiger partial charge is 0.125 e. The van der Waals surface area contributed by atoms with Crippen molar-refractivity contribution in [1.82, 2.24) is 0 Å². The highest BCUT2D eigenvalue weighted by molar-refractivity contribution is 6.91. The van der Waals surface area contributed by atoms with Gasteiger partial charge in [-0.1, -0.05) is 107 Å². The Morgan fingerprint density at radius 1 is 0.395 bits per heavy atom. The first-order chi connectivity index (χ1) is 17.7. The molecule has 0 saturated carbocycles. The molecular formula is C36H50Si2. The maximum Gasteiger partial charge on any atom is 0.146 e. The Hall–Kier alpha value is -2.27. The van der Waals surface area contributed by atoms with E-state index in [0.29, 0.717) is 33.2 Å². The number of benzene rings is 3. The molecule has 0 aliphatic heterocycles. The third-order valence-corrected chi connectivity index (χ3v) is 22.0. The van der Waals surface area contributed by atoms with Crippen molar-refractivity contribution >= 4 is 37.7 Å². The van der Waals surface area contributed by atoms with Crippen molar-refractivity contribution in [3.8, 4) is 22.9 Å². The van der Waals surface area contributed by atoms with E-state index in [1.165, 1.54) is 21.5 Å². The van der Waals surface area contributed by atoms with Crippen LogP contribution in [0, 0.1) is 22.9 Å². The number of fused-ring (bicyclic) bond motifs is 2. The van der Waals surface area contributed by atoms with Crippen molar-refractivity contribution in [3.63, 3.8) is 0 Å². The quantitative estimate of drug-likeness (QED) is 0.166. The topological polar surface area (TPSA) is 0 Å². The minimum absolute atomic E-state index is 0.641. The standard InChI is InChI=1S/C36H50Si2/c1-25(2)37(26(3)4,27(5)6)19-17-31-13-15-33-23-34-16-14-32(22-36(34)24-35(33)21-31)18-20-38(28(7)8,29(9)10)30(11)12/h13-16,21-30H,1-12H3. The van der Waals surface area contributed by atoms with Crippen LogP contribution < -0.4 is 0 Å². The molecule has 0 spiro atoms. The molecule has 0 nitrogen and oxygen atoms in total. The third kappa shape index (κ3) is 5.69. The van der Waals surface area contributed by atoms with E-state index in [9.17, 15) is 0 Å². The zero-order valence-electron chi connectivity index (χ0n) is 26.1. The molecule has 0 unspecified atom stereocenters. The minimum atomic E-state index is -1.75. The molecule has 0 amide bonds. The molecule has 0 aromatic heterocycles. The summed E-state index contributed by atoms with van der Waals surface area (Å²) in [7, 11) is -3.50. The predicted molar refractivity (Wildman–Crippen MR) is 177 cm³/mol. The Kier molecular flexibility index (Phi) is 9.45. The minimum Gasteiger partial charge on any atom is -0.125 e. The summed E-state index contributed by atoms with van der Waals surface area (Å²) in [5.41, 5.74) is 13.9. The lowest BCUT2D eigenvalue weighted by atomic mass is 10.0. The van der Waals surface area contributed by atoms with Crippen LogP contribution in [-0.4, -0.2) is 16.1 Å². The fourth-order valence-electron chi connectivity index (χ4n) is 7.38. The predicted octanol–water partition coefficient (Wildman–Crippen LogP) is 11.1. The van der Waals surface area contributed by atoms with Gasteiger partial charge in [-0.05, 0) is 91.2 Å². The molecule has 0 saturated heterocycles. The second kappa shape index (κ2) is 11.9. The van der Waals surface area contributed by atoms with E-state index in [1.54, 1.807) is 0 Å². The second-order valence-electron chi connectivity index (χ2n) is 13.3. The Balaban J connectivity index is 2.08. The van der Waals surface area contributed by atoms with Crippen molar-refractivity contribution < 1.29 is 0 Å². The first-order valence-corrected chi connectivity index (χ1v) is 19.3. The molecule has 3 aromatic rings. The summed E-state index contributed by atoms with van der Waals surface area (Å²) in [6.07, 6.45) is 0. The molecule has 3 rings (SSSR count). The maximum absolute atomic E-state index is 3.89. The molecule has 38 heavy (non-hydrogen) atoms. The van der Waals surface area contributed by atoms with E-state index in [4.69, 9.17) is 0 Å². The fourth-order valence-corrected chi connectivity index (χ4v) is 17.8. The lowest BCUT2D eigenvalue weighted by molar-refractivity contribution is 0.838. The van der Waals surface area contributed by atoms with E-state index < -0.39 is 16.1 Å². The third-order valence-electron chi connectivity index (χ3n) is 9.37. The number of rotatable bonds is 6. The fraction of sp³-hybridized carbons (Fsp3) is 0.500. The van der Waals surface area contributed by atoms with Crippen molar-refractivity contribution in [2.24, 2.45) is 0 Å². The van der Waals surface area contributed by atoms with Gasteiger partial charge >= 0.3 is 0 Å². The first-order valence-electron chi connectivity index (χ1n) is 14.8. The summed E-state index contributed by atoms with van der Waals surface area (Å²) < 4.78 is 0.